The van der Waals surface area contributed by atoms with Crippen LogP contribution in [0.4, 0.5) is 0 Å². The van der Waals surface area contributed by atoms with Crippen LogP contribution in [0.25, 0.3) is 10.9 Å². The number of thioether (sulfide) groups is 2. The van der Waals surface area contributed by atoms with Crippen LogP contribution >= 0.6 is 23.5 Å². The second-order valence-corrected chi connectivity index (χ2v) is 19.0. The molecule has 0 fully saturated rings. The van der Waals surface area contributed by atoms with Gasteiger partial charge in [0, 0.05) is 29.9 Å². The third-order valence-corrected chi connectivity index (χ3v) is 12.7. The van der Waals surface area contributed by atoms with Crippen LogP contribution < -0.4 is 48.9 Å². The number of para-hydroxylation sites is 1. The van der Waals surface area contributed by atoms with E-state index in [9.17, 15) is 58.2 Å². The number of H-pyrrole nitrogens is 1. The predicted molar refractivity (Wildman–Crippen MR) is 276 cm³/mol. The molecular formula is C49H62N10O13S2. The minimum atomic E-state index is -1.71. The van der Waals surface area contributed by atoms with E-state index in [0.29, 0.717) is 33.5 Å². The quantitative estimate of drug-likeness (QED) is 0.0162. The maximum absolute atomic E-state index is 14.2. The van der Waals surface area contributed by atoms with Crippen LogP contribution in [-0.2, 0) is 67.2 Å². The maximum Gasteiger partial charge on any atom is 0.305 e. The fraction of sp³-hybridized carbons (Fsp3) is 0.388. The number of amides is 6. The third kappa shape index (κ3) is 18.9. The topological polar surface area (TPSA) is 383 Å². The summed E-state index contributed by atoms with van der Waals surface area (Å²) < 4.78 is 0. The van der Waals surface area contributed by atoms with Crippen molar-refractivity contribution in [2.45, 2.75) is 87.2 Å². The summed E-state index contributed by atoms with van der Waals surface area (Å²) in [7, 11) is 0. The van der Waals surface area contributed by atoms with Crippen LogP contribution in [0.5, 0.6) is 5.75 Å². The Morgan fingerprint density at radius 2 is 1.08 bits per heavy atom. The van der Waals surface area contributed by atoms with Crippen molar-refractivity contribution >= 4 is 93.4 Å². The molecule has 1 heterocycles. The zero-order valence-corrected chi connectivity index (χ0v) is 42.2. The number of aromatic amines is 1. The summed E-state index contributed by atoms with van der Waals surface area (Å²) in [6.07, 6.45) is 3.12. The number of Topliss-reactive ketones (excluding diaryl/α,β-unsaturated/α-hetero) is 2. The summed E-state index contributed by atoms with van der Waals surface area (Å²) in [5.41, 5.74) is 10.5. The van der Waals surface area contributed by atoms with Gasteiger partial charge < -0.3 is 57.9 Å². The first kappa shape index (κ1) is 59.2. The number of hydrogen-bond donors (Lipinski definition) is 13. The van der Waals surface area contributed by atoms with Gasteiger partial charge in [0.05, 0.1) is 31.5 Å². The van der Waals surface area contributed by atoms with Crippen molar-refractivity contribution < 1.29 is 63.3 Å². The number of rotatable bonds is 32. The van der Waals surface area contributed by atoms with Gasteiger partial charge in [0.15, 0.2) is 0 Å². The smallest absolute Gasteiger partial charge is 0.305 e. The molecule has 25 heteroatoms. The lowest BCUT2D eigenvalue weighted by Gasteiger charge is -2.26. The number of aromatic hydroxyl groups is 1. The molecule has 398 valence electrons. The molecule has 7 atom stereocenters. The first-order chi connectivity index (χ1) is 35.3. The molecule has 23 nitrogen and oxygen atoms in total. The van der Waals surface area contributed by atoms with Crippen LogP contribution in [0.15, 0.2) is 85.1 Å². The Hall–Kier alpha value is -7.32. The van der Waals surface area contributed by atoms with E-state index in [1.165, 1.54) is 47.8 Å². The molecule has 15 N–H and O–H groups in total. The second-order valence-electron chi connectivity index (χ2n) is 17.0. The van der Waals surface area contributed by atoms with Crippen LogP contribution in [-0.4, -0.2) is 152 Å². The zero-order chi connectivity index (χ0) is 54.3. The average molecular weight is 1060 g/mol. The summed E-state index contributed by atoms with van der Waals surface area (Å²) in [5.74, 6) is -4.37. The molecule has 7 unspecified atom stereocenters. The Morgan fingerprint density at radius 3 is 1.69 bits per heavy atom. The molecule has 0 saturated carbocycles. The Labute approximate surface area is 434 Å². The molecule has 0 spiro atoms. The number of benzene rings is 3. The van der Waals surface area contributed by atoms with E-state index in [-0.39, 0.29) is 37.9 Å². The Balaban J connectivity index is 1.53. The van der Waals surface area contributed by atoms with Crippen molar-refractivity contribution in [2.24, 2.45) is 11.6 Å². The van der Waals surface area contributed by atoms with Gasteiger partial charge in [0.2, 0.25) is 47.0 Å². The number of aromatic nitrogens is 1. The number of ketones is 2. The van der Waals surface area contributed by atoms with Crippen molar-refractivity contribution in [1.82, 2.24) is 42.3 Å². The van der Waals surface area contributed by atoms with Crippen LogP contribution in [0, 0.1) is 0 Å². The molecule has 3 aromatic carbocycles. The number of phenolic OH excluding ortho intramolecular Hbond substituents is 1. The Kier molecular flexibility index (Phi) is 24.0. The normalized spacial score (nSPS) is 13.9. The highest BCUT2D eigenvalue weighted by atomic mass is 32.2. The molecule has 0 radical (unpaired) electrons. The lowest BCUT2D eigenvalue weighted by Crippen LogP contribution is -2.59. The first-order valence-electron chi connectivity index (χ1n) is 23.2. The van der Waals surface area contributed by atoms with Crippen LogP contribution in [0.2, 0.25) is 0 Å². The number of carbonyl (C=O) groups is 10. The summed E-state index contributed by atoms with van der Waals surface area (Å²) in [6.45, 7) is -0.730. The molecule has 4 aromatic rings. The number of fused-ring (bicyclic) bond motifs is 1. The number of phenols is 1. The fourth-order valence-electron chi connectivity index (χ4n) is 7.54. The minimum Gasteiger partial charge on any atom is -0.508 e. The summed E-state index contributed by atoms with van der Waals surface area (Å²) in [5, 5.41) is 44.5. The van der Waals surface area contributed by atoms with E-state index in [0.717, 1.165) is 5.56 Å². The summed E-state index contributed by atoms with van der Waals surface area (Å²) in [6, 6.07) is 11.4. The molecule has 0 bridgehead atoms. The van der Waals surface area contributed by atoms with Gasteiger partial charge >= 0.3 is 11.9 Å². The standard InChI is InChI=1S/C49H62N10O13S2/c1-73-18-16-34(46(69)56-36(20-28-12-14-30(60)15-13-28)44(67)43(66)32(50)23-41(62)63)54-40(61)26-53-45(68)37(22-29-25-52-33-11-7-6-10-31(29)33)57-47(70)35(17-19-74-2)55-48(71)38(24-42(64)65)58-49(72)39(59-51)21-27-8-4-3-5-9-27/h3-15,25,32,34-39,52,59-60H,16-24,26,50-51H2,1-2H3,(H,53,68)(H,54,61)(H,55,71)(H,56,69)(H,57,70)(H,58,72)(H,62,63)(H,64,65). The van der Waals surface area contributed by atoms with Gasteiger partial charge in [-0.05, 0) is 78.2 Å². The van der Waals surface area contributed by atoms with Gasteiger partial charge in [-0.3, -0.25) is 53.8 Å². The van der Waals surface area contributed by atoms with E-state index >= 15 is 0 Å². The van der Waals surface area contributed by atoms with Gasteiger partial charge in [-0.25, -0.2) is 5.43 Å². The second kappa shape index (κ2) is 30.0. The molecule has 0 aliphatic heterocycles. The largest absolute Gasteiger partial charge is 0.508 e. The molecule has 0 aliphatic rings. The lowest BCUT2D eigenvalue weighted by atomic mass is 9.95. The molecule has 0 aliphatic carbocycles. The predicted octanol–water partition coefficient (Wildman–Crippen LogP) is -0.805. The highest BCUT2D eigenvalue weighted by Crippen LogP contribution is 2.20. The van der Waals surface area contributed by atoms with Gasteiger partial charge in [-0.2, -0.15) is 23.5 Å². The number of carboxylic acids is 2. The van der Waals surface area contributed by atoms with E-state index in [1.54, 1.807) is 73.3 Å². The Bertz CT molecular complexity index is 2600. The molecule has 1 aromatic heterocycles. The van der Waals surface area contributed by atoms with Gasteiger partial charge in [-0.15, -0.1) is 0 Å². The summed E-state index contributed by atoms with van der Waals surface area (Å²) in [4.78, 5) is 136. The number of nitrogens with one attached hydrogen (secondary N) is 8. The van der Waals surface area contributed by atoms with E-state index in [2.05, 4.69) is 42.3 Å². The first-order valence-corrected chi connectivity index (χ1v) is 26.0. The Morgan fingerprint density at radius 1 is 0.568 bits per heavy atom. The van der Waals surface area contributed by atoms with Crippen molar-refractivity contribution in [3.8, 4) is 5.75 Å². The van der Waals surface area contributed by atoms with Gasteiger partial charge in [0.25, 0.3) is 0 Å². The van der Waals surface area contributed by atoms with Crippen LogP contribution in [0.3, 0.4) is 0 Å². The number of nitrogens with two attached hydrogens (primary N) is 2. The molecule has 6 amide bonds. The number of aliphatic carboxylic acids is 2. The van der Waals surface area contributed by atoms with Crippen molar-refractivity contribution in [1.29, 1.82) is 0 Å². The highest BCUT2D eigenvalue weighted by Gasteiger charge is 2.35. The fourth-order valence-corrected chi connectivity index (χ4v) is 8.48. The van der Waals surface area contributed by atoms with Crippen LogP contribution in [0.1, 0.15) is 42.4 Å². The molecule has 4 rings (SSSR count). The van der Waals surface area contributed by atoms with Crippen molar-refractivity contribution in [3.63, 3.8) is 0 Å². The van der Waals surface area contributed by atoms with E-state index < -0.39 is 121 Å². The SMILES string of the molecule is CSCCC(NC(=O)CNC(=O)C(Cc1c[nH]c2ccccc12)NC(=O)C(CCSC)NC(=O)C(CC(=O)O)NC(=O)C(Cc1ccccc1)NN)C(=O)NC(Cc1ccc(O)cc1)C(=O)C(=O)C(N)CC(=O)O. The van der Waals surface area contributed by atoms with E-state index in [1.807, 2.05) is 0 Å². The number of carboxylic acid groups (broad SMARTS) is 2. The molecule has 74 heavy (non-hydrogen) atoms. The zero-order valence-electron chi connectivity index (χ0n) is 40.6. The monoisotopic (exact) mass is 1060 g/mol. The molecule has 0 saturated heterocycles. The highest BCUT2D eigenvalue weighted by molar-refractivity contribution is 7.98. The minimum absolute atomic E-state index is 0.00147. The summed E-state index contributed by atoms with van der Waals surface area (Å²) >= 11 is 2.66. The van der Waals surface area contributed by atoms with Crippen molar-refractivity contribution in [2.75, 3.05) is 30.6 Å². The molecular weight excluding hydrogens is 1000 g/mol. The number of carbonyl (C=O) groups excluding carboxylic acids is 8. The number of hydrogen-bond acceptors (Lipinski definition) is 16. The third-order valence-electron chi connectivity index (χ3n) is 11.5. The number of hydrazine groups is 1. The van der Waals surface area contributed by atoms with Crippen molar-refractivity contribution in [3.05, 3.63) is 102 Å². The van der Waals surface area contributed by atoms with Gasteiger partial charge in [-0.1, -0.05) is 60.7 Å². The average Bonchev–Trinajstić information content (AvgIpc) is 3.78. The lowest BCUT2D eigenvalue weighted by molar-refractivity contribution is -0.143. The van der Waals surface area contributed by atoms with Gasteiger partial charge in [0.1, 0.15) is 36.0 Å². The van der Waals surface area contributed by atoms with E-state index in [4.69, 9.17) is 16.7 Å². The maximum atomic E-state index is 14.2.